The van der Waals surface area contributed by atoms with Gasteiger partial charge in [0.15, 0.2) is 5.96 Å². The molecule has 0 aliphatic rings. The number of hydrogen-bond donors (Lipinski definition) is 9. The molecule has 0 aliphatic heterocycles. The molecule has 0 radical (unpaired) electrons. The number of fused-ring (bicyclic) bond motifs is 1. The molecule has 0 saturated carbocycles. The van der Waals surface area contributed by atoms with Gasteiger partial charge in [-0.05, 0) is 38.3 Å². The smallest absolute Gasteiger partial charge is 0.326 e. The number of nitrogens with zero attached hydrogens (tertiary/aromatic N) is 1. The van der Waals surface area contributed by atoms with Crippen LogP contribution in [0.5, 0.6) is 0 Å². The first kappa shape index (κ1) is 30.1. The highest BCUT2D eigenvalue weighted by Crippen LogP contribution is 2.19. The number of aromatic amines is 1. The van der Waals surface area contributed by atoms with E-state index in [1.807, 2.05) is 24.3 Å². The molecular formula is C24H36N8O6. The van der Waals surface area contributed by atoms with E-state index in [0.717, 1.165) is 10.9 Å². The molecule has 2 aromatic rings. The lowest BCUT2D eigenvalue weighted by Crippen LogP contribution is -2.59. The number of aliphatic hydroxyl groups excluding tert-OH is 1. The van der Waals surface area contributed by atoms with E-state index < -0.39 is 54.0 Å². The van der Waals surface area contributed by atoms with Gasteiger partial charge >= 0.3 is 5.97 Å². The van der Waals surface area contributed by atoms with Gasteiger partial charge in [-0.1, -0.05) is 18.2 Å². The quantitative estimate of drug-likeness (QED) is 0.0742. The molecule has 0 fully saturated rings. The van der Waals surface area contributed by atoms with Crippen molar-refractivity contribution in [3.63, 3.8) is 0 Å². The average Bonchev–Trinajstić information content (AvgIpc) is 3.26. The molecule has 5 unspecified atom stereocenters. The maximum atomic E-state index is 12.7. The second kappa shape index (κ2) is 13.9. The zero-order valence-corrected chi connectivity index (χ0v) is 21.3. The van der Waals surface area contributed by atoms with E-state index in [1.165, 1.54) is 13.8 Å². The van der Waals surface area contributed by atoms with Gasteiger partial charge < -0.3 is 48.3 Å². The average molecular weight is 533 g/mol. The van der Waals surface area contributed by atoms with E-state index in [9.17, 15) is 29.4 Å². The van der Waals surface area contributed by atoms with E-state index in [1.54, 1.807) is 6.20 Å². The predicted molar refractivity (Wildman–Crippen MR) is 141 cm³/mol. The molecule has 0 spiro atoms. The van der Waals surface area contributed by atoms with Gasteiger partial charge in [0.1, 0.15) is 18.1 Å². The number of rotatable bonds is 14. The fourth-order valence-corrected chi connectivity index (χ4v) is 3.70. The van der Waals surface area contributed by atoms with Crippen molar-refractivity contribution in [2.24, 2.45) is 22.2 Å². The fraction of sp³-hybridized carbons (Fsp3) is 0.458. The first-order chi connectivity index (χ1) is 17.9. The van der Waals surface area contributed by atoms with Crippen LogP contribution in [0, 0.1) is 0 Å². The van der Waals surface area contributed by atoms with E-state index >= 15 is 0 Å². The number of nitrogens with two attached hydrogens (primary N) is 3. The molecule has 0 bridgehead atoms. The number of H-pyrrole nitrogens is 1. The van der Waals surface area contributed by atoms with Gasteiger partial charge in [-0.2, -0.15) is 0 Å². The Morgan fingerprint density at radius 1 is 1.03 bits per heavy atom. The van der Waals surface area contributed by atoms with Crippen LogP contribution in [0.25, 0.3) is 10.9 Å². The zero-order chi connectivity index (χ0) is 28.4. The number of benzene rings is 1. The SMILES string of the molecule is CC(NC(=O)C(NC(=O)C(N)CCCN=C(N)N)C(C)O)C(=O)NC(Cc1c[nH]c2ccccc12)C(=O)O. The van der Waals surface area contributed by atoms with E-state index in [-0.39, 0.29) is 25.3 Å². The molecule has 1 aromatic carbocycles. The highest BCUT2D eigenvalue weighted by atomic mass is 16.4. The van der Waals surface area contributed by atoms with E-state index in [0.29, 0.717) is 12.0 Å². The number of carbonyl (C=O) groups excluding carboxylic acids is 3. The lowest BCUT2D eigenvalue weighted by atomic mass is 10.0. The molecule has 14 heteroatoms. The van der Waals surface area contributed by atoms with Crippen molar-refractivity contribution < 1.29 is 29.4 Å². The topological polar surface area (TPSA) is 251 Å². The van der Waals surface area contributed by atoms with Crippen molar-refractivity contribution in [1.29, 1.82) is 0 Å². The first-order valence-corrected chi connectivity index (χ1v) is 12.1. The Morgan fingerprint density at radius 2 is 1.71 bits per heavy atom. The first-order valence-electron chi connectivity index (χ1n) is 12.1. The van der Waals surface area contributed by atoms with E-state index in [4.69, 9.17) is 17.2 Å². The number of carboxylic acid groups (broad SMARTS) is 1. The number of aliphatic hydroxyl groups is 1. The molecule has 0 saturated heterocycles. The fourth-order valence-electron chi connectivity index (χ4n) is 3.70. The largest absolute Gasteiger partial charge is 0.480 e. The summed E-state index contributed by atoms with van der Waals surface area (Å²) in [5, 5.41) is 27.7. The summed E-state index contributed by atoms with van der Waals surface area (Å²) < 4.78 is 0. The van der Waals surface area contributed by atoms with Crippen LogP contribution < -0.4 is 33.2 Å². The van der Waals surface area contributed by atoms with Crippen molar-refractivity contribution >= 4 is 40.6 Å². The van der Waals surface area contributed by atoms with Crippen molar-refractivity contribution in [3.8, 4) is 0 Å². The van der Waals surface area contributed by atoms with Crippen molar-refractivity contribution in [2.75, 3.05) is 6.54 Å². The van der Waals surface area contributed by atoms with Crippen LogP contribution in [0.2, 0.25) is 0 Å². The molecule has 5 atom stereocenters. The van der Waals surface area contributed by atoms with Crippen LogP contribution in [0.3, 0.4) is 0 Å². The number of aliphatic carboxylic acids is 1. The zero-order valence-electron chi connectivity index (χ0n) is 21.3. The second-order valence-corrected chi connectivity index (χ2v) is 8.98. The Balaban J connectivity index is 1.96. The summed E-state index contributed by atoms with van der Waals surface area (Å²) in [4.78, 5) is 56.5. The summed E-state index contributed by atoms with van der Waals surface area (Å²) in [6, 6.07) is 2.54. The van der Waals surface area contributed by atoms with Gasteiger partial charge in [-0.15, -0.1) is 0 Å². The number of nitrogens with one attached hydrogen (secondary N) is 4. The van der Waals surface area contributed by atoms with Gasteiger partial charge in [0.2, 0.25) is 17.7 Å². The minimum Gasteiger partial charge on any atom is -0.480 e. The summed E-state index contributed by atoms with van der Waals surface area (Å²) in [5.74, 6) is -3.60. The summed E-state index contributed by atoms with van der Waals surface area (Å²) in [6.07, 6.45) is 1.02. The molecule has 12 N–H and O–H groups in total. The minimum absolute atomic E-state index is 0.0131. The Bertz CT molecular complexity index is 1160. The van der Waals surface area contributed by atoms with Crippen LogP contribution >= 0.6 is 0 Å². The molecule has 0 aliphatic carbocycles. The predicted octanol–water partition coefficient (Wildman–Crippen LogP) is -1.97. The third-order valence-electron chi connectivity index (χ3n) is 5.83. The number of guanidine groups is 1. The highest BCUT2D eigenvalue weighted by Gasteiger charge is 2.31. The standard InChI is InChI=1S/C24H36N8O6/c1-12(20(34)31-18(23(37)38)10-14-11-29-17-8-4-3-6-15(14)17)30-22(36)19(13(2)33)32-21(35)16(25)7-5-9-28-24(26)27/h3-4,6,8,11-13,16,18-19,29,33H,5,7,9-10,25H2,1-2H3,(H,30,36)(H,31,34)(H,32,35)(H,37,38)(H4,26,27,28). The third-order valence-corrected chi connectivity index (χ3v) is 5.83. The number of amides is 3. The van der Waals surface area contributed by atoms with Crippen LogP contribution in [0.15, 0.2) is 35.5 Å². The Labute approximate surface area is 219 Å². The third kappa shape index (κ3) is 8.74. The van der Waals surface area contributed by atoms with Gasteiger partial charge in [-0.3, -0.25) is 19.4 Å². The molecule has 38 heavy (non-hydrogen) atoms. The van der Waals surface area contributed by atoms with E-state index in [2.05, 4.69) is 25.9 Å². The van der Waals surface area contributed by atoms with Gasteiger partial charge in [0, 0.05) is 30.1 Å². The monoisotopic (exact) mass is 532 g/mol. The maximum Gasteiger partial charge on any atom is 0.326 e. The van der Waals surface area contributed by atoms with Gasteiger partial charge in [-0.25, -0.2) is 4.79 Å². The Kier molecular flexibility index (Phi) is 11.0. The van der Waals surface area contributed by atoms with Crippen molar-refractivity contribution in [3.05, 3.63) is 36.0 Å². The highest BCUT2D eigenvalue weighted by molar-refractivity contribution is 5.94. The lowest BCUT2D eigenvalue weighted by Gasteiger charge is -2.25. The summed E-state index contributed by atoms with van der Waals surface area (Å²) in [5.41, 5.74) is 17.9. The minimum atomic E-state index is -1.40. The molecule has 2 rings (SSSR count). The summed E-state index contributed by atoms with van der Waals surface area (Å²) in [6.45, 7) is 2.92. The van der Waals surface area contributed by atoms with Crippen LogP contribution in [-0.2, 0) is 25.6 Å². The number of para-hydroxylation sites is 1. The Hall–Kier alpha value is -4.17. The van der Waals surface area contributed by atoms with Crippen LogP contribution in [-0.4, -0.2) is 81.7 Å². The van der Waals surface area contributed by atoms with Crippen molar-refractivity contribution in [1.82, 2.24) is 20.9 Å². The molecule has 14 nitrogen and oxygen atoms in total. The van der Waals surface area contributed by atoms with Crippen LogP contribution in [0.4, 0.5) is 0 Å². The Morgan fingerprint density at radius 3 is 2.34 bits per heavy atom. The molecule has 1 aromatic heterocycles. The number of aromatic nitrogens is 1. The normalized spacial score (nSPS) is 14.9. The second-order valence-electron chi connectivity index (χ2n) is 8.98. The number of aliphatic imine (C=N–C) groups is 1. The molecule has 208 valence electrons. The molecular weight excluding hydrogens is 496 g/mol. The van der Waals surface area contributed by atoms with Crippen molar-refractivity contribution in [2.45, 2.75) is 63.4 Å². The summed E-state index contributed by atoms with van der Waals surface area (Å²) >= 11 is 0. The number of carboxylic acids is 1. The molecule has 1 heterocycles. The summed E-state index contributed by atoms with van der Waals surface area (Å²) in [7, 11) is 0. The van der Waals surface area contributed by atoms with Crippen LogP contribution in [0.1, 0.15) is 32.3 Å². The lowest BCUT2D eigenvalue weighted by molar-refractivity contribution is -0.142. The number of hydrogen-bond acceptors (Lipinski definition) is 7. The maximum absolute atomic E-state index is 12.7. The molecule has 3 amide bonds. The number of carbonyl (C=O) groups is 4. The van der Waals surface area contributed by atoms with Gasteiger partial charge in [0.25, 0.3) is 0 Å². The van der Waals surface area contributed by atoms with Gasteiger partial charge in [0.05, 0.1) is 12.1 Å².